The van der Waals surface area contributed by atoms with Gasteiger partial charge in [0.15, 0.2) is 0 Å². The second-order valence-electron chi connectivity index (χ2n) is 7.74. The molecule has 0 aromatic carbocycles. The van der Waals surface area contributed by atoms with Crippen LogP contribution < -0.4 is 0 Å². The molecule has 3 heterocycles. The molecular weight excluding hydrogens is 376 g/mol. The highest BCUT2D eigenvalue weighted by Crippen LogP contribution is 2.29. The van der Waals surface area contributed by atoms with Gasteiger partial charge >= 0.3 is 12.1 Å². The van der Waals surface area contributed by atoms with Gasteiger partial charge in [0, 0.05) is 31.6 Å². The predicted octanol–water partition coefficient (Wildman–Crippen LogP) is 1.83. The fraction of sp³-hybridized carbons (Fsp3) is 0.700. The van der Waals surface area contributed by atoms with Crippen molar-refractivity contribution in [3.8, 4) is 0 Å². The van der Waals surface area contributed by atoms with Crippen LogP contribution in [0.3, 0.4) is 0 Å². The van der Waals surface area contributed by atoms with E-state index in [9.17, 15) is 14.4 Å². The van der Waals surface area contributed by atoms with Gasteiger partial charge in [0.1, 0.15) is 5.69 Å². The normalized spacial score (nSPS) is 21.3. The van der Waals surface area contributed by atoms with E-state index in [-0.39, 0.29) is 43.6 Å². The van der Waals surface area contributed by atoms with Crippen LogP contribution in [0.1, 0.15) is 55.4 Å². The minimum Gasteiger partial charge on any atom is -0.466 e. The minimum atomic E-state index is -0.473. The van der Waals surface area contributed by atoms with Crippen LogP contribution in [0.15, 0.2) is 0 Å². The van der Waals surface area contributed by atoms with E-state index in [2.05, 4.69) is 5.10 Å². The highest BCUT2D eigenvalue weighted by atomic mass is 16.6. The highest BCUT2D eigenvalue weighted by Gasteiger charge is 2.38. The summed E-state index contributed by atoms with van der Waals surface area (Å²) in [5, 5.41) is 4.63. The SMILES string of the molecule is CCCCOC(=O)N1Cc2c(nn3c2C(=O)N(C)CC(C(=O)OCC)C3)CC1C. The summed E-state index contributed by atoms with van der Waals surface area (Å²) < 4.78 is 12.2. The van der Waals surface area contributed by atoms with E-state index in [0.717, 1.165) is 24.1 Å². The number of hydrogen-bond donors (Lipinski definition) is 0. The van der Waals surface area contributed by atoms with Gasteiger partial charge in [0.05, 0.1) is 37.9 Å². The van der Waals surface area contributed by atoms with Crippen molar-refractivity contribution in [2.75, 3.05) is 26.8 Å². The largest absolute Gasteiger partial charge is 0.466 e. The third kappa shape index (κ3) is 4.23. The molecule has 9 heteroatoms. The summed E-state index contributed by atoms with van der Waals surface area (Å²) in [4.78, 5) is 41.1. The fourth-order valence-electron chi connectivity index (χ4n) is 3.87. The summed E-state index contributed by atoms with van der Waals surface area (Å²) in [5.41, 5.74) is 2.00. The molecule has 1 aromatic heterocycles. The number of amides is 2. The Morgan fingerprint density at radius 1 is 1.21 bits per heavy atom. The van der Waals surface area contributed by atoms with E-state index < -0.39 is 5.92 Å². The Bertz CT molecular complexity index is 790. The maximum absolute atomic E-state index is 13.0. The Balaban J connectivity index is 1.87. The van der Waals surface area contributed by atoms with Crippen LogP contribution in [0.25, 0.3) is 0 Å². The maximum atomic E-state index is 13.0. The van der Waals surface area contributed by atoms with E-state index in [1.165, 1.54) is 4.90 Å². The number of ether oxygens (including phenoxy) is 2. The summed E-state index contributed by atoms with van der Waals surface area (Å²) in [7, 11) is 1.67. The van der Waals surface area contributed by atoms with E-state index in [4.69, 9.17) is 9.47 Å². The van der Waals surface area contributed by atoms with Crippen LogP contribution >= 0.6 is 0 Å². The number of nitrogens with zero attached hydrogens (tertiary/aromatic N) is 4. The monoisotopic (exact) mass is 406 g/mol. The molecule has 0 N–H and O–H groups in total. The molecule has 2 aliphatic rings. The number of fused-ring (bicyclic) bond motifs is 3. The molecule has 2 atom stereocenters. The lowest BCUT2D eigenvalue weighted by atomic mass is 9.99. The number of unbranched alkanes of at least 4 members (excludes halogenated alkanes) is 1. The first-order valence-electron chi connectivity index (χ1n) is 10.3. The zero-order valence-corrected chi connectivity index (χ0v) is 17.6. The molecule has 0 saturated carbocycles. The summed E-state index contributed by atoms with van der Waals surface area (Å²) in [6.07, 6.45) is 1.95. The molecule has 9 nitrogen and oxygen atoms in total. The molecule has 0 aliphatic carbocycles. The molecular formula is C20H30N4O5. The molecule has 0 radical (unpaired) electrons. The lowest BCUT2D eigenvalue weighted by molar-refractivity contribution is -0.148. The molecule has 0 spiro atoms. The van der Waals surface area contributed by atoms with Gasteiger partial charge in [-0.15, -0.1) is 0 Å². The predicted molar refractivity (Wildman–Crippen MR) is 104 cm³/mol. The van der Waals surface area contributed by atoms with Gasteiger partial charge in [-0.2, -0.15) is 5.10 Å². The Hall–Kier alpha value is -2.58. The summed E-state index contributed by atoms with van der Waals surface area (Å²) in [5.74, 6) is -0.999. The van der Waals surface area contributed by atoms with Crippen molar-refractivity contribution in [2.24, 2.45) is 5.92 Å². The third-order valence-corrected chi connectivity index (χ3v) is 5.50. The molecule has 0 bridgehead atoms. The molecule has 0 saturated heterocycles. The second-order valence-corrected chi connectivity index (χ2v) is 7.74. The fourth-order valence-corrected chi connectivity index (χ4v) is 3.87. The average molecular weight is 406 g/mol. The first-order chi connectivity index (χ1) is 13.9. The molecule has 0 fully saturated rings. The van der Waals surface area contributed by atoms with Crippen LogP contribution in [0.4, 0.5) is 4.79 Å². The number of rotatable bonds is 5. The lowest BCUT2D eigenvalue weighted by Gasteiger charge is -2.32. The molecule has 2 amide bonds. The van der Waals surface area contributed by atoms with Gasteiger partial charge in [0.25, 0.3) is 5.91 Å². The van der Waals surface area contributed by atoms with Crippen LogP contribution in [-0.4, -0.2) is 70.4 Å². The van der Waals surface area contributed by atoms with Crippen molar-refractivity contribution in [2.45, 2.75) is 59.2 Å². The molecule has 2 unspecified atom stereocenters. The minimum absolute atomic E-state index is 0.0792. The van der Waals surface area contributed by atoms with E-state index >= 15 is 0 Å². The Kier molecular flexibility index (Phi) is 6.44. The first-order valence-corrected chi connectivity index (χ1v) is 10.3. The molecule has 3 rings (SSSR count). The van der Waals surface area contributed by atoms with Crippen molar-refractivity contribution in [3.05, 3.63) is 17.0 Å². The van der Waals surface area contributed by atoms with Crippen LogP contribution in [-0.2, 0) is 33.8 Å². The van der Waals surface area contributed by atoms with E-state index in [1.54, 1.807) is 23.6 Å². The number of aromatic nitrogens is 2. The third-order valence-electron chi connectivity index (χ3n) is 5.50. The first kappa shape index (κ1) is 21.1. The highest BCUT2D eigenvalue weighted by molar-refractivity contribution is 5.95. The smallest absolute Gasteiger partial charge is 0.410 e. The second kappa shape index (κ2) is 8.84. The Labute approximate surface area is 170 Å². The summed E-state index contributed by atoms with van der Waals surface area (Å²) in [6, 6.07) is -0.0792. The number of hydrogen-bond acceptors (Lipinski definition) is 6. The van der Waals surface area contributed by atoms with Gasteiger partial charge in [0.2, 0.25) is 0 Å². The van der Waals surface area contributed by atoms with Crippen molar-refractivity contribution < 1.29 is 23.9 Å². The average Bonchev–Trinajstić information content (AvgIpc) is 2.96. The standard InChI is InChI=1S/C20H30N4O5/c1-5-7-8-29-20(27)23-12-15-16(9-13(23)3)21-24-11-14(19(26)28-6-2)10-22(4)18(25)17(15)24/h13-14H,5-12H2,1-4H3. The summed E-state index contributed by atoms with van der Waals surface area (Å²) in [6.45, 7) is 7.27. The van der Waals surface area contributed by atoms with Crippen molar-refractivity contribution in [1.29, 1.82) is 0 Å². The molecule has 29 heavy (non-hydrogen) atoms. The van der Waals surface area contributed by atoms with Crippen molar-refractivity contribution >= 4 is 18.0 Å². The molecule has 2 aliphatic heterocycles. The van der Waals surface area contributed by atoms with Crippen LogP contribution in [0.5, 0.6) is 0 Å². The van der Waals surface area contributed by atoms with Crippen LogP contribution in [0, 0.1) is 5.92 Å². The van der Waals surface area contributed by atoms with E-state index in [0.29, 0.717) is 25.3 Å². The Morgan fingerprint density at radius 3 is 2.66 bits per heavy atom. The zero-order chi connectivity index (χ0) is 21.1. The maximum Gasteiger partial charge on any atom is 0.410 e. The Morgan fingerprint density at radius 2 is 1.97 bits per heavy atom. The van der Waals surface area contributed by atoms with Gasteiger partial charge in [-0.3, -0.25) is 14.3 Å². The van der Waals surface area contributed by atoms with Gasteiger partial charge in [-0.05, 0) is 20.3 Å². The zero-order valence-electron chi connectivity index (χ0n) is 17.6. The molecule has 1 aromatic rings. The van der Waals surface area contributed by atoms with E-state index in [1.807, 2.05) is 13.8 Å². The lowest BCUT2D eigenvalue weighted by Crippen LogP contribution is -2.43. The van der Waals surface area contributed by atoms with Gasteiger partial charge in [-0.25, -0.2) is 4.79 Å². The number of carbonyl (C=O) groups is 3. The van der Waals surface area contributed by atoms with Gasteiger partial charge in [-0.1, -0.05) is 13.3 Å². The quantitative estimate of drug-likeness (QED) is 0.547. The van der Waals surface area contributed by atoms with Crippen LogP contribution in [0.2, 0.25) is 0 Å². The van der Waals surface area contributed by atoms with Gasteiger partial charge < -0.3 is 19.3 Å². The van der Waals surface area contributed by atoms with Crippen molar-refractivity contribution in [3.63, 3.8) is 0 Å². The number of esters is 1. The summed E-state index contributed by atoms with van der Waals surface area (Å²) >= 11 is 0. The molecule has 160 valence electrons. The van der Waals surface area contributed by atoms with Crippen molar-refractivity contribution in [1.82, 2.24) is 19.6 Å². The number of carbonyl (C=O) groups excluding carboxylic acids is 3. The topological polar surface area (TPSA) is 94.0 Å².